The number of sulfone groups is 1. The van der Waals surface area contributed by atoms with Crippen LogP contribution in [-0.4, -0.2) is 32.8 Å². The van der Waals surface area contributed by atoms with Crippen molar-refractivity contribution < 1.29 is 27.1 Å². The topological polar surface area (TPSA) is 102 Å². The number of carbonyl (C=O) groups excluding carboxylic acids is 2. The third-order valence-electron chi connectivity index (χ3n) is 4.64. The third-order valence-corrected chi connectivity index (χ3v) is 6.57. The molecule has 1 atom stereocenters. The summed E-state index contributed by atoms with van der Waals surface area (Å²) in [5.74, 6) is -2.23. The highest BCUT2D eigenvalue weighted by atomic mass is 35.5. The summed E-state index contributed by atoms with van der Waals surface area (Å²) in [7, 11) is -4.08. The van der Waals surface area contributed by atoms with Crippen LogP contribution in [0.5, 0.6) is 0 Å². The number of hydrogen-bond donors (Lipinski definition) is 2. The first kappa shape index (κ1) is 22.8. The molecule has 10 heteroatoms. The summed E-state index contributed by atoms with van der Waals surface area (Å²) < 4.78 is 44.5. The van der Waals surface area contributed by atoms with Gasteiger partial charge in [0.2, 0.25) is 0 Å². The van der Waals surface area contributed by atoms with Gasteiger partial charge in [0.05, 0.1) is 33.9 Å². The van der Waals surface area contributed by atoms with E-state index in [2.05, 4.69) is 10.6 Å². The van der Waals surface area contributed by atoms with Crippen LogP contribution < -0.4 is 10.6 Å². The SMILES string of the molecule is CCOC(=O)C1=C(CS(=O)(=O)c2ccc(F)c(Cl)c2)NC(=O)NC1c1ccc(C)cc1. The van der Waals surface area contributed by atoms with E-state index in [4.69, 9.17) is 16.3 Å². The van der Waals surface area contributed by atoms with E-state index in [1.807, 2.05) is 19.1 Å². The fourth-order valence-electron chi connectivity index (χ4n) is 3.13. The first-order valence-electron chi connectivity index (χ1n) is 9.34. The molecule has 0 saturated carbocycles. The van der Waals surface area contributed by atoms with Gasteiger partial charge in [-0.2, -0.15) is 0 Å². The van der Waals surface area contributed by atoms with Gasteiger partial charge in [0.25, 0.3) is 0 Å². The Labute approximate surface area is 184 Å². The lowest BCUT2D eigenvalue weighted by Crippen LogP contribution is -2.47. The maximum absolute atomic E-state index is 13.5. The van der Waals surface area contributed by atoms with Crippen LogP contribution in [0.3, 0.4) is 0 Å². The molecule has 1 aliphatic heterocycles. The zero-order valence-corrected chi connectivity index (χ0v) is 18.3. The van der Waals surface area contributed by atoms with Gasteiger partial charge >= 0.3 is 12.0 Å². The molecule has 0 bridgehead atoms. The van der Waals surface area contributed by atoms with E-state index in [0.29, 0.717) is 5.56 Å². The number of aryl methyl sites for hydroxylation is 1. The molecule has 2 N–H and O–H groups in total. The van der Waals surface area contributed by atoms with Crippen molar-refractivity contribution in [3.05, 3.63) is 75.7 Å². The number of benzene rings is 2. The predicted molar refractivity (Wildman–Crippen MR) is 113 cm³/mol. The Bertz CT molecular complexity index is 1160. The van der Waals surface area contributed by atoms with E-state index in [1.54, 1.807) is 19.1 Å². The molecule has 1 unspecified atom stereocenters. The van der Waals surface area contributed by atoms with Gasteiger partial charge < -0.3 is 15.4 Å². The largest absolute Gasteiger partial charge is 0.463 e. The van der Waals surface area contributed by atoms with Crippen LogP contribution in [0.4, 0.5) is 9.18 Å². The Morgan fingerprint density at radius 1 is 1.19 bits per heavy atom. The van der Waals surface area contributed by atoms with Gasteiger partial charge in [0.15, 0.2) is 9.84 Å². The van der Waals surface area contributed by atoms with Crippen LogP contribution in [-0.2, 0) is 19.4 Å². The highest BCUT2D eigenvalue weighted by Crippen LogP contribution is 2.30. The number of rotatable bonds is 6. The van der Waals surface area contributed by atoms with Gasteiger partial charge in [0.1, 0.15) is 5.82 Å². The zero-order chi connectivity index (χ0) is 22.8. The molecule has 0 fully saturated rings. The maximum Gasteiger partial charge on any atom is 0.338 e. The van der Waals surface area contributed by atoms with E-state index in [1.165, 1.54) is 0 Å². The Hall–Kier alpha value is -2.91. The van der Waals surface area contributed by atoms with E-state index in [0.717, 1.165) is 23.8 Å². The highest BCUT2D eigenvalue weighted by Gasteiger charge is 2.35. The van der Waals surface area contributed by atoms with Gasteiger partial charge in [-0.15, -0.1) is 0 Å². The number of ether oxygens (including phenoxy) is 1. The van der Waals surface area contributed by atoms with Gasteiger partial charge in [-0.25, -0.2) is 22.4 Å². The zero-order valence-electron chi connectivity index (χ0n) is 16.7. The molecule has 2 aromatic carbocycles. The van der Waals surface area contributed by atoms with Crippen molar-refractivity contribution >= 4 is 33.4 Å². The summed E-state index contributed by atoms with van der Waals surface area (Å²) in [5.41, 5.74) is 1.42. The normalized spacial score (nSPS) is 16.5. The second-order valence-corrected chi connectivity index (χ2v) is 9.29. The smallest absolute Gasteiger partial charge is 0.338 e. The van der Waals surface area contributed by atoms with Crippen molar-refractivity contribution in [2.45, 2.75) is 24.8 Å². The molecule has 0 aliphatic carbocycles. The van der Waals surface area contributed by atoms with Crippen LogP contribution >= 0.6 is 11.6 Å². The Balaban J connectivity index is 2.10. The number of halogens is 2. The Kier molecular flexibility index (Phi) is 6.66. The number of esters is 1. The number of amides is 2. The Morgan fingerprint density at radius 2 is 1.87 bits per heavy atom. The minimum Gasteiger partial charge on any atom is -0.463 e. The molecule has 0 aromatic heterocycles. The minimum absolute atomic E-state index is 0.0258. The monoisotopic (exact) mass is 466 g/mol. The van der Waals surface area contributed by atoms with Crippen molar-refractivity contribution in [1.29, 1.82) is 0 Å². The van der Waals surface area contributed by atoms with Crippen LogP contribution in [0.15, 0.2) is 58.6 Å². The van der Waals surface area contributed by atoms with Gasteiger partial charge in [-0.05, 0) is 37.6 Å². The average Bonchev–Trinajstić information content (AvgIpc) is 2.70. The molecule has 1 heterocycles. The summed E-state index contributed by atoms with van der Waals surface area (Å²) in [6.45, 7) is 3.56. The van der Waals surface area contributed by atoms with Gasteiger partial charge in [0, 0.05) is 5.70 Å². The van der Waals surface area contributed by atoms with Crippen molar-refractivity contribution in [2.24, 2.45) is 0 Å². The second-order valence-electron chi connectivity index (χ2n) is 6.89. The van der Waals surface area contributed by atoms with E-state index >= 15 is 0 Å². The average molecular weight is 467 g/mol. The summed E-state index contributed by atoms with van der Waals surface area (Å²) in [5, 5.41) is 4.70. The summed E-state index contributed by atoms with van der Waals surface area (Å²) in [6.07, 6.45) is 0. The first-order chi connectivity index (χ1) is 14.6. The summed E-state index contributed by atoms with van der Waals surface area (Å²) in [4.78, 5) is 24.8. The molecular weight excluding hydrogens is 447 g/mol. The highest BCUT2D eigenvalue weighted by molar-refractivity contribution is 7.91. The van der Waals surface area contributed by atoms with Gasteiger partial charge in [-0.1, -0.05) is 41.4 Å². The minimum atomic E-state index is -4.08. The van der Waals surface area contributed by atoms with Crippen molar-refractivity contribution in [3.63, 3.8) is 0 Å². The van der Waals surface area contributed by atoms with Crippen molar-refractivity contribution in [2.75, 3.05) is 12.4 Å². The molecule has 2 amide bonds. The van der Waals surface area contributed by atoms with Crippen LogP contribution in [0.25, 0.3) is 0 Å². The fourth-order valence-corrected chi connectivity index (χ4v) is 4.73. The number of hydrogen-bond acceptors (Lipinski definition) is 5. The molecule has 7 nitrogen and oxygen atoms in total. The third kappa shape index (κ3) is 5.05. The lowest BCUT2D eigenvalue weighted by Gasteiger charge is -2.29. The summed E-state index contributed by atoms with van der Waals surface area (Å²) in [6, 6.07) is 8.50. The van der Waals surface area contributed by atoms with Crippen LogP contribution in [0.2, 0.25) is 5.02 Å². The number of carbonyl (C=O) groups is 2. The Morgan fingerprint density at radius 3 is 2.48 bits per heavy atom. The van der Waals surface area contributed by atoms with Crippen molar-refractivity contribution in [3.8, 4) is 0 Å². The molecule has 31 heavy (non-hydrogen) atoms. The van der Waals surface area contributed by atoms with E-state index in [-0.39, 0.29) is 27.8 Å². The van der Waals surface area contributed by atoms with Gasteiger partial charge in [-0.3, -0.25) is 0 Å². The van der Waals surface area contributed by atoms with Crippen LogP contribution in [0, 0.1) is 12.7 Å². The molecule has 164 valence electrons. The maximum atomic E-state index is 13.5. The summed E-state index contributed by atoms with van der Waals surface area (Å²) >= 11 is 5.72. The van der Waals surface area contributed by atoms with E-state index in [9.17, 15) is 22.4 Å². The fraction of sp³-hybridized carbons (Fsp3) is 0.238. The second kappa shape index (κ2) is 9.07. The molecule has 0 saturated heterocycles. The lowest BCUT2D eigenvalue weighted by atomic mass is 9.95. The number of nitrogens with one attached hydrogen (secondary N) is 2. The molecule has 3 rings (SSSR count). The number of urea groups is 1. The molecular formula is C21H20ClFN2O5S. The first-order valence-corrected chi connectivity index (χ1v) is 11.4. The molecule has 2 aromatic rings. The molecule has 1 aliphatic rings. The quantitative estimate of drug-likeness (QED) is 0.501. The standard InChI is InChI=1S/C21H20ClFN2O5S/c1-3-30-20(26)18-17(11-31(28,29)14-8-9-16(23)15(22)10-14)24-21(27)25-19(18)13-6-4-12(2)5-7-13/h4-10,19H,3,11H2,1-2H3,(H2,24,25,27). The molecule has 0 spiro atoms. The van der Waals surface area contributed by atoms with E-state index < -0.39 is 39.4 Å². The van der Waals surface area contributed by atoms with Crippen LogP contribution in [0.1, 0.15) is 24.1 Å². The lowest BCUT2D eigenvalue weighted by molar-refractivity contribution is -0.139. The van der Waals surface area contributed by atoms with Crippen molar-refractivity contribution in [1.82, 2.24) is 10.6 Å². The molecule has 0 radical (unpaired) electrons. The predicted octanol–water partition coefficient (Wildman–Crippen LogP) is 3.43.